The monoisotopic (exact) mass is 288 g/mol. The van der Waals surface area contributed by atoms with Crippen LogP contribution in [0.5, 0.6) is 0 Å². The third-order valence-electron chi connectivity index (χ3n) is 3.69. The zero-order valence-electron chi connectivity index (χ0n) is 12.0. The van der Waals surface area contributed by atoms with E-state index in [9.17, 15) is 9.90 Å². The summed E-state index contributed by atoms with van der Waals surface area (Å²) in [5, 5.41) is 9.89. The summed E-state index contributed by atoms with van der Waals surface area (Å²) in [6.07, 6.45) is -3.75. The highest BCUT2D eigenvalue weighted by atomic mass is 16.8. The summed E-state index contributed by atoms with van der Waals surface area (Å²) >= 11 is 0. The third kappa shape index (κ3) is 2.33. The standard InChI is InChI=1S/C13H20O7/c1-12(2)16-5-6(18-12)8-10-9(7(14)11(15)17-8)19-13(3,4)20-10/h6-10,14H,5H2,1-4H3/t6-,7-,8+,9+,10-/m0/s1. The molecule has 114 valence electrons. The molecule has 20 heavy (non-hydrogen) atoms. The number of hydrogen-bond acceptors (Lipinski definition) is 7. The van der Waals surface area contributed by atoms with Crippen LogP contribution in [0.2, 0.25) is 0 Å². The van der Waals surface area contributed by atoms with Gasteiger partial charge in [-0.25, -0.2) is 4.79 Å². The van der Waals surface area contributed by atoms with Crippen LogP contribution in [0.3, 0.4) is 0 Å². The maximum atomic E-state index is 11.8. The van der Waals surface area contributed by atoms with Crippen LogP contribution in [-0.2, 0) is 28.5 Å². The van der Waals surface area contributed by atoms with E-state index in [1.165, 1.54) is 0 Å². The molecule has 3 fully saturated rings. The number of hydrogen-bond donors (Lipinski definition) is 1. The van der Waals surface area contributed by atoms with Crippen molar-refractivity contribution in [1.29, 1.82) is 0 Å². The number of carbonyl (C=O) groups is 1. The lowest BCUT2D eigenvalue weighted by Gasteiger charge is -2.36. The van der Waals surface area contributed by atoms with Crippen LogP contribution in [0, 0.1) is 0 Å². The topological polar surface area (TPSA) is 83.5 Å². The van der Waals surface area contributed by atoms with Gasteiger partial charge in [-0.15, -0.1) is 0 Å². The van der Waals surface area contributed by atoms with Crippen LogP contribution in [0.15, 0.2) is 0 Å². The van der Waals surface area contributed by atoms with Crippen LogP contribution in [0.4, 0.5) is 0 Å². The summed E-state index contributed by atoms with van der Waals surface area (Å²) < 4.78 is 27.9. The molecule has 3 heterocycles. The van der Waals surface area contributed by atoms with Crippen molar-refractivity contribution in [2.45, 2.75) is 69.8 Å². The predicted molar refractivity (Wildman–Crippen MR) is 64.6 cm³/mol. The number of esters is 1. The Bertz CT molecular complexity index is 419. The highest BCUT2D eigenvalue weighted by Crippen LogP contribution is 2.39. The fourth-order valence-electron chi connectivity index (χ4n) is 2.89. The first-order valence-electron chi connectivity index (χ1n) is 6.74. The highest BCUT2D eigenvalue weighted by Gasteiger charge is 2.58. The molecule has 1 N–H and O–H groups in total. The minimum absolute atomic E-state index is 0.300. The van der Waals surface area contributed by atoms with Gasteiger partial charge in [0.2, 0.25) is 0 Å². The van der Waals surface area contributed by atoms with E-state index in [4.69, 9.17) is 23.7 Å². The van der Waals surface area contributed by atoms with E-state index >= 15 is 0 Å². The van der Waals surface area contributed by atoms with Crippen LogP contribution in [0.25, 0.3) is 0 Å². The second-order valence-corrected chi connectivity index (χ2v) is 6.28. The van der Waals surface area contributed by atoms with Crippen molar-refractivity contribution in [1.82, 2.24) is 0 Å². The summed E-state index contributed by atoms with van der Waals surface area (Å²) in [7, 11) is 0. The zero-order valence-corrected chi connectivity index (χ0v) is 12.0. The van der Waals surface area contributed by atoms with E-state index in [1.54, 1.807) is 27.7 Å². The Kier molecular flexibility index (Phi) is 3.11. The molecule has 0 aliphatic carbocycles. The Morgan fingerprint density at radius 3 is 2.25 bits per heavy atom. The van der Waals surface area contributed by atoms with E-state index in [0.29, 0.717) is 6.61 Å². The van der Waals surface area contributed by atoms with Gasteiger partial charge in [-0.2, -0.15) is 0 Å². The Balaban J connectivity index is 1.82. The minimum atomic E-state index is -1.34. The smallest absolute Gasteiger partial charge is 0.338 e. The highest BCUT2D eigenvalue weighted by molar-refractivity contribution is 5.76. The summed E-state index contributed by atoms with van der Waals surface area (Å²) in [6.45, 7) is 7.35. The zero-order chi connectivity index (χ0) is 14.7. The molecule has 5 atom stereocenters. The van der Waals surface area contributed by atoms with Gasteiger partial charge >= 0.3 is 5.97 Å². The fraction of sp³-hybridized carbons (Fsp3) is 0.923. The minimum Gasteiger partial charge on any atom is -0.455 e. The van der Waals surface area contributed by atoms with Gasteiger partial charge in [0.15, 0.2) is 23.8 Å². The van der Waals surface area contributed by atoms with Crippen LogP contribution in [0.1, 0.15) is 27.7 Å². The van der Waals surface area contributed by atoms with Crippen molar-refractivity contribution >= 4 is 5.97 Å². The summed E-state index contributed by atoms with van der Waals surface area (Å²) in [5.41, 5.74) is 0. The van der Waals surface area contributed by atoms with Crippen molar-refractivity contribution in [3.8, 4) is 0 Å². The number of ether oxygens (including phenoxy) is 5. The van der Waals surface area contributed by atoms with Crippen LogP contribution in [-0.4, -0.2) is 59.8 Å². The van der Waals surface area contributed by atoms with Crippen molar-refractivity contribution in [3.63, 3.8) is 0 Å². The third-order valence-corrected chi connectivity index (χ3v) is 3.69. The number of aliphatic hydroxyl groups excluding tert-OH is 1. The van der Waals surface area contributed by atoms with Gasteiger partial charge in [-0.05, 0) is 27.7 Å². The molecule has 3 aliphatic heterocycles. The molecule has 0 saturated carbocycles. The second-order valence-electron chi connectivity index (χ2n) is 6.28. The number of carbonyl (C=O) groups excluding carboxylic acids is 1. The molecule has 0 radical (unpaired) electrons. The molecule has 0 spiro atoms. The van der Waals surface area contributed by atoms with Gasteiger partial charge in [-0.3, -0.25) is 0 Å². The Morgan fingerprint density at radius 2 is 1.65 bits per heavy atom. The summed E-state index contributed by atoms with van der Waals surface area (Å²) in [4.78, 5) is 11.8. The lowest BCUT2D eigenvalue weighted by atomic mass is 9.96. The Labute approximate surface area is 117 Å². The molecular weight excluding hydrogens is 268 g/mol. The molecule has 7 heteroatoms. The van der Waals surface area contributed by atoms with Crippen molar-refractivity contribution in [2.24, 2.45) is 0 Å². The van der Waals surface area contributed by atoms with Gasteiger partial charge in [-0.1, -0.05) is 0 Å². The molecule has 7 nitrogen and oxygen atoms in total. The second kappa shape index (κ2) is 4.38. The molecule has 3 aliphatic rings. The number of rotatable bonds is 1. The summed E-state index contributed by atoms with van der Waals surface area (Å²) in [5.74, 6) is -2.32. The normalized spacial score (nSPS) is 46.0. The molecule has 0 amide bonds. The van der Waals surface area contributed by atoms with E-state index < -0.39 is 48.1 Å². The first kappa shape index (κ1) is 14.2. The molecule has 0 unspecified atom stereocenters. The number of aliphatic hydroxyl groups is 1. The van der Waals surface area contributed by atoms with E-state index in [1.807, 2.05) is 0 Å². The molecule has 0 aromatic heterocycles. The first-order valence-corrected chi connectivity index (χ1v) is 6.74. The lowest BCUT2D eigenvalue weighted by molar-refractivity contribution is -0.208. The quantitative estimate of drug-likeness (QED) is 0.677. The van der Waals surface area contributed by atoms with Gasteiger partial charge < -0.3 is 28.8 Å². The van der Waals surface area contributed by atoms with Gasteiger partial charge in [0.25, 0.3) is 0 Å². The lowest BCUT2D eigenvalue weighted by Crippen LogP contribution is -2.58. The molecule has 0 bridgehead atoms. The molecule has 0 aromatic carbocycles. The van der Waals surface area contributed by atoms with Gasteiger partial charge in [0.05, 0.1) is 6.61 Å². The van der Waals surface area contributed by atoms with E-state index in [0.717, 1.165) is 0 Å². The average Bonchev–Trinajstić information content (AvgIpc) is 2.83. The van der Waals surface area contributed by atoms with E-state index in [-0.39, 0.29) is 0 Å². The molecule has 3 rings (SSSR count). The largest absolute Gasteiger partial charge is 0.455 e. The van der Waals surface area contributed by atoms with E-state index in [2.05, 4.69) is 0 Å². The molecular formula is C13H20O7. The molecule has 3 saturated heterocycles. The van der Waals surface area contributed by atoms with Crippen LogP contribution >= 0.6 is 0 Å². The van der Waals surface area contributed by atoms with Gasteiger partial charge in [0.1, 0.15) is 18.3 Å². The molecule has 0 aromatic rings. The first-order chi connectivity index (χ1) is 9.19. The average molecular weight is 288 g/mol. The van der Waals surface area contributed by atoms with Crippen LogP contribution < -0.4 is 0 Å². The van der Waals surface area contributed by atoms with Crippen molar-refractivity contribution < 1.29 is 33.6 Å². The summed E-state index contributed by atoms with van der Waals surface area (Å²) in [6, 6.07) is 0. The fourth-order valence-corrected chi connectivity index (χ4v) is 2.89. The predicted octanol–water partition coefficient (Wildman–Crippen LogP) is -0.0557. The SMILES string of the molecule is CC1(C)O[C@H]2[C@@H]([C@@H]3COC(C)(C)O3)OC(=O)[C@@H](O)[C@H]2O1. The number of cyclic esters (lactones) is 1. The Morgan fingerprint density at radius 1 is 1.00 bits per heavy atom. The maximum Gasteiger partial charge on any atom is 0.338 e. The number of fused-ring (bicyclic) bond motifs is 1. The van der Waals surface area contributed by atoms with Crippen molar-refractivity contribution in [2.75, 3.05) is 6.61 Å². The Hall–Kier alpha value is -0.730. The van der Waals surface area contributed by atoms with Crippen molar-refractivity contribution in [3.05, 3.63) is 0 Å². The van der Waals surface area contributed by atoms with Gasteiger partial charge in [0, 0.05) is 0 Å². The maximum absolute atomic E-state index is 11.8.